The molecule has 1 heterocycles. The Morgan fingerprint density at radius 1 is 0.789 bits per heavy atom. The first-order valence-electron chi connectivity index (χ1n) is 13.2. The Hall–Kier alpha value is -2.94. The average molecular weight is 589 g/mol. The van der Waals surface area contributed by atoms with Crippen LogP contribution in [0.15, 0.2) is 109 Å². The quantitative estimate of drug-likeness (QED) is 0.229. The third-order valence-corrected chi connectivity index (χ3v) is 16.9. The molecule has 196 valence electrons. The van der Waals surface area contributed by atoms with Crippen LogP contribution >= 0.6 is 20.8 Å². The molecule has 1 aliphatic rings. The van der Waals surface area contributed by atoms with Gasteiger partial charge in [0, 0.05) is 0 Å². The molecule has 0 saturated carbocycles. The average Bonchev–Trinajstić information content (AvgIpc) is 2.93. The van der Waals surface area contributed by atoms with E-state index in [0.717, 1.165) is 12.6 Å². The Morgan fingerprint density at radius 3 is 1.76 bits per heavy atom. The first-order valence-corrected chi connectivity index (χ1v) is 17.6. The molecule has 5 rings (SSSR count). The first kappa shape index (κ1) is 26.7. The van der Waals surface area contributed by atoms with E-state index in [1.807, 2.05) is 25.7 Å². The van der Waals surface area contributed by atoms with Gasteiger partial charge in [-0.3, -0.25) is 0 Å². The van der Waals surface area contributed by atoms with Gasteiger partial charge in [0.05, 0.1) is 0 Å². The number of ether oxygens (including phenoxy) is 1. The van der Waals surface area contributed by atoms with Crippen LogP contribution in [0.2, 0.25) is 0 Å². The van der Waals surface area contributed by atoms with Gasteiger partial charge in [0.25, 0.3) is 0 Å². The zero-order chi connectivity index (χ0) is 26.8. The molecule has 0 aliphatic carbocycles. The van der Waals surface area contributed by atoms with Crippen LogP contribution in [0.3, 0.4) is 0 Å². The Balaban J connectivity index is 1.65. The predicted octanol–water partition coefficient (Wildman–Crippen LogP) is 7.32. The van der Waals surface area contributed by atoms with Crippen molar-refractivity contribution in [1.82, 2.24) is 4.90 Å². The van der Waals surface area contributed by atoms with Gasteiger partial charge in [-0.2, -0.15) is 0 Å². The van der Waals surface area contributed by atoms with Gasteiger partial charge in [0.2, 0.25) is 0 Å². The maximum atomic E-state index is 12.8. The van der Waals surface area contributed by atoms with Crippen molar-refractivity contribution in [3.63, 3.8) is 0 Å². The summed E-state index contributed by atoms with van der Waals surface area (Å²) in [5, 5.41) is 0.805. The van der Waals surface area contributed by atoms with E-state index in [1.54, 1.807) is 0 Å². The normalized spacial score (nSPS) is 14.7. The van der Waals surface area contributed by atoms with Gasteiger partial charge in [0.15, 0.2) is 0 Å². The van der Waals surface area contributed by atoms with Gasteiger partial charge in [-0.15, -0.1) is 0 Å². The maximum absolute atomic E-state index is 12.8. The number of hydrogen-bond acceptors (Lipinski definition) is 2. The number of benzene rings is 4. The van der Waals surface area contributed by atoms with Crippen molar-refractivity contribution in [2.24, 2.45) is 0 Å². The molecule has 0 saturated heterocycles. The Morgan fingerprint density at radius 2 is 1.29 bits per heavy atom. The van der Waals surface area contributed by atoms with Gasteiger partial charge in [-0.1, -0.05) is 0 Å². The number of amides is 1. The van der Waals surface area contributed by atoms with E-state index in [2.05, 4.69) is 125 Å². The van der Waals surface area contributed by atoms with Gasteiger partial charge in [-0.25, -0.2) is 0 Å². The van der Waals surface area contributed by atoms with Crippen LogP contribution < -0.4 is 15.9 Å². The molecule has 0 unspecified atom stereocenters. The molecule has 5 heteroatoms. The molecule has 0 bridgehead atoms. The van der Waals surface area contributed by atoms with E-state index in [0.29, 0.717) is 13.1 Å². The van der Waals surface area contributed by atoms with Gasteiger partial charge >= 0.3 is 235 Å². The summed E-state index contributed by atoms with van der Waals surface area (Å²) in [6.07, 6.45) is 1.41. The fourth-order valence-electron chi connectivity index (χ4n) is 5.58. The van der Waals surface area contributed by atoms with Crippen molar-refractivity contribution in [3.8, 4) is 0 Å². The van der Waals surface area contributed by atoms with E-state index >= 15 is 0 Å². The molecular formula is C33H35BrNO2P. The molecule has 4 aromatic carbocycles. The van der Waals surface area contributed by atoms with Crippen LogP contribution in [0, 0.1) is 0 Å². The summed E-state index contributed by atoms with van der Waals surface area (Å²) in [5.74, 6) is 0. The molecule has 0 spiro atoms. The molecule has 1 amide bonds. The summed E-state index contributed by atoms with van der Waals surface area (Å²) in [5.41, 5.74) is 3.38. The zero-order valence-electron chi connectivity index (χ0n) is 22.3. The zero-order valence-corrected chi connectivity index (χ0v) is 24.8. The molecule has 0 fully saturated rings. The number of hydrogen-bond donors (Lipinski definition) is 0. The number of carbonyl (C=O) groups excluding carboxylic acids is 1. The summed E-state index contributed by atoms with van der Waals surface area (Å²) in [7, 11) is 0. The second-order valence-electron chi connectivity index (χ2n) is 11.1. The second kappa shape index (κ2) is 10.3. The minimum absolute atomic E-state index is 0.244. The Kier molecular flexibility index (Phi) is 7.24. The number of halogens is 1. The third kappa shape index (κ3) is 4.93. The summed E-state index contributed by atoms with van der Waals surface area (Å²) in [4.78, 5) is 14.7. The molecule has 0 aromatic heterocycles. The Labute approximate surface area is 234 Å². The summed E-state index contributed by atoms with van der Waals surface area (Å²) in [6.45, 7) is 6.96. The number of fused-ring (bicyclic) bond motifs is 1. The van der Waals surface area contributed by atoms with Crippen molar-refractivity contribution >= 4 is 42.8 Å². The minimum atomic E-state index is -3.11. The monoisotopic (exact) mass is 587 g/mol. The topological polar surface area (TPSA) is 29.5 Å². The predicted molar refractivity (Wildman–Crippen MR) is 165 cm³/mol. The van der Waals surface area contributed by atoms with E-state index in [9.17, 15) is 4.79 Å². The van der Waals surface area contributed by atoms with Crippen LogP contribution in [0.25, 0.3) is 0 Å². The van der Waals surface area contributed by atoms with Crippen molar-refractivity contribution in [2.45, 2.75) is 45.5 Å². The standard InChI is InChI=1S/C33H35BrNO2P/c1-33(2,3)37-32(36)35-23-22-31-26(24-35)14-13-15-27(31)25-38(34,28-16-7-4-8-17-28,29-18-9-5-10-19-29)30-20-11-6-12-21-30/h4-21H,22-25H2,1-3H3. The number of carbonyl (C=O) groups is 1. The van der Waals surface area contributed by atoms with E-state index < -0.39 is 10.9 Å². The van der Waals surface area contributed by atoms with Crippen molar-refractivity contribution < 1.29 is 9.53 Å². The van der Waals surface area contributed by atoms with Crippen LogP contribution in [-0.2, 0) is 23.9 Å². The third-order valence-electron chi connectivity index (χ3n) is 7.37. The summed E-state index contributed by atoms with van der Waals surface area (Å²) < 4.78 is 5.68. The van der Waals surface area contributed by atoms with E-state index in [4.69, 9.17) is 4.74 Å². The molecule has 4 aromatic rings. The van der Waals surface area contributed by atoms with Crippen molar-refractivity contribution in [1.29, 1.82) is 0 Å². The number of rotatable bonds is 5. The fourth-order valence-corrected chi connectivity index (χ4v) is 13.3. The summed E-state index contributed by atoms with van der Waals surface area (Å²) >= 11 is 4.60. The molecule has 0 radical (unpaired) electrons. The molecular weight excluding hydrogens is 553 g/mol. The van der Waals surface area contributed by atoms with Crippen LogP contribution in [-0.4, -0.2) is 23.1 Å². The van der Waals surface area contributed by atoms with Crippen molar-refractivity contribution in [2.75, 3.05) is 6.54 Å². The van der Waals surface area contributed by atoms with Crippen molar-refractivity contribution in [3.05, 3.63) is 126 Å². The van der Waals surface area contributed by atoms with Gasteiger partial charge in [-0.05, 0) is 0 Å². The molecule has 3 nitrogen and oxygen atoms in total. The molecule has 0 atom stereocenters. The molecule has 0 N–H and O–H groups in total. The fraction of sp³-hybridized carbons (Fsp3) is 0.242. The molecule has 1 aliphatic heterocycles. The van der Waals surface area contributed by atoms with Gasteiger partial charge in [0.1, 0.15) is 0 Å². The summed E-state index contributed by atoms with van der Waals surface area (Å²) in [6, 6.07) is 39.3. The van der Waals surface area contributed by atoms with Crippen LogP contribution in [0.1, 0.15) is 37.5 Å². The Bertz CT molecular complexity index is 1320. The number of nitrogens with zero attached hydrogens (tertiary/aromatic N) is 1. The second-order valence-corrected chi connectivity index (χ2v) is 20.0. The molecule has 38 heavy (non-hydrogen) atoms. The first-order chi connectivity index (χ1) is 18.2. The SMILES string of the molecule is CC(C)(C)OC(=O)N1CCc2c(cccc2CP(Br)(c2ccccc2)(c2ccccc2)c2ccccc2)C1. The van der Waals surface area contributed by atoms with E-state index in [1.165, 1.54) is 32.6 Å². The van der Waals surface area contributed by atoms with E-state index in [-0.39, 0.29) is 6.09 Å². The van der Waals surface area contributed by atoms with Crippen LogP contribution in [0.5, 0.6) is 0 Å². The van der Waals surface area contributed by atoms with Gasteiger partial charge < -0.3 is 0 Å². The van der Waals surface area contributed by atoms with Crippen LogP contribution in [0.4, 0.5) is 4.79 Å².